The molecule has 3 atom stereocenters. The third-order valence-electron chi connectivity index (χ3n) is 5.04. The van der Waals surface area contributed by atoms with Crippen molar-refractivity contribution in [2.24, 2.45) is 5.41 Å². The molecule has 2 aliphatic heterocycles. The van der Waals surface area contributed by atoms with Gasteiger partial charge >= 0.3 is 5.97 Å². The number of rotatable bonds is 5. The molecule has 0 amide bonds. The monoisotopic (exact) mass is 332 g/mol. The molecule has 0 aromatic carbocycles. The van der Waals surface area contributed by atoms with Gasteiger partial charge in [0.2, 0.25) is 0 Å². The molecule has 4 nitrogen and oxygen atoms in total. The molecule has 2 saturated heterocycles. The van der Waals surface area contributed by atoms with E-state index in [0.717, 1.165) is 50.2 Å². The van der Waals surface area contributed by atoms with Crippen molar-refractivity contribution in [3.63, 3.8) is 0 Å². The van der Waals surface area contributed by atoms with Crippen LogP contribution in [-0.4, -0.2) is 52.0 Å². The van der Waals surface area contributed by atoms with Crippen LogP contribution in [0.5, 0.6) is 0 Å². The quantitative estimate of drug-likeness (QED) is 0.722. The van der Waals surface area contributed by atoms with E-state index in [1.807, 2.05) is 11.8 Å². The molecule has 6 heteroatoms. The number of carbonyl (C=O) groups excluding carboxylic acids is 1. The van der Waals surface area contributed by atoms with Gasteiger partial charge in [0.05, 0.1) is 19.1 Å². The summed E-state index contributed by atoms with van der Waals surface area (Å²) >= 11 is 1.94. The summed E-state index contributed by atoms with van der Waals surface area (Å²) in [5.74, 6) is 2.70. The fourth-order valence-corrected chi connectivity index (χ4v) is 6.87. The van der Waals surface area contributed by atoms with Crippen LogP contribution in [0.3, 0.4) is 0 Å². The van der Waals surface area contributed by atoms with Gasteiger partial charge in [-0.3, -0.25) is 9.00 Å². The lowest BCUT2D eigenvalue weighted by Gasteiger charge is -2.37. The van der Waals surface area contributed by atoms with Crippen LogP contribution in [0, 0.1) is 5.41 Å². The summed E-state index contributed by atoms with van der Waals surface area (Å²) in [4.78, 5) is 11.5. The van der Waals surface area contributed by atoms with Crippen LogP contribution in [0.4, 0.5) is 0 Å². The average Bonchev–Trinajstić information content (AvgIpc) is 3.08. The van der Waals surface area contributed by atoms with Gasteiger partial charge in [0.25, 0.3) is 0 Å². The van der Waals surface area contributed by atoms with Gasteiger partial charge in [-0.1, -0.05) is 0 Å². The van der Waals surface area contributed by atoms with Crippen LogP contribution in [0.2, 0.25) is 0 Å². The zero-order valence-electron chi connectivity index (χ0n) is 12.6. The molecule has 3 aliphatic rings. The number of carbonyl (C=O) groups is 1. The summed E-state index contributed by atoms with van der Waals surface area (Å²) in [6.07, 6.45) is 5.38. The van der Waals surface area contributed by atoms with E-state index in [-0.39, 0.29) is 22.2 Å². The maximum absolute atomic E-state index is 12.8. The predicted molar refractivity (Wildman–Crippen MR) is 85.0 cm³/mol. The SMILES string of the molecule is COC(=O)CC1(CS(=O)C2CCOC3(CCSC3)C2)CC1. The maximum Gasteiger partial charge on any atom is 0.306 e. The second-order valence-electron chi connectivity index (χ2n) is 6.73. The Balaban J connectivity index is 1.57. The van der Waals surface area contributed by atoms with Crippen LogP contribution in [-0.2, 0) is 25.1 Å². The van der Waals surface area contributed by atoms with Gasteiger partial charge in [-0.2, -0.15) is 11.8 Å². The molecule has 3 rings (SSSR count). The topological polar surface area (TPSA) is 52.6 Å². The second-order valence-corrected chi connectivity index (χ2v) is 9.55. The molecule has 3 fully saturated rings. The van der Waals surface area contributed by atoms with Gasteiger partial charge in [0.15, 0.2) is 0 Å². The number of thioether (sulfide) groups is 1. The van der Waals surface area contributed by atoms with E-state index in [4.69, 9.17) is 9.47 Å². The van der Waals surface area contributed by atoms with Crippen molar-refractivity contribution in [3.05, 3.63) is 0 Å². The lowest BCUT2D eigenvalue weighted by molar-refractivity contribution is -0.141. The van der Waals surface area contributed by atoms with E-state index in [1.165, 1.54) is 7.11 Å². The number of methoxy groups -OCH3 is 1. The van der Waals surface area contributed by atoms with Gasteiger partial charge in [0, 0.05) is 34.2 Å². The lowest BCUT2D eigenvalue weighted by atomic mass is 9.93. The normalized spacial score (nSPS) is 35.6. The Morgan fingerprint density at radius 2 is 2.24 bits per heavy atom. The van der Waals surface area contributed by atoms with E-state index in [2.05, 4.69) is 0 Å². The van der Waals surface area contributed by atoms with Gasteiger partial charge in [0.1, 0.15) is 0 Å². The molecule has 0 bridgehead atoms. The Labute approximate surface area is 133 Å². The third kappa shape index (κ3) is 3.64. The van der Waals surface area contributed by atoms with Crippen molar-refractivity contribution in [2.75, 3.05) is 31.0 Å². The Morgan fingerprint density at radius 3 is 2.86 bits per heavy atom. The summed E-state index contributed by atoms with van der Waals surface area (Å²) < 4.78 is 23.5. The molecule has 0 N–H and O–H groups in total. The zero-order chi connectivity index (χ0) is 14.9. The minimum Gasteiger partial charge on any atom is -0.469 e. The first-order valence-corrected chi connectivity index (χ1v) is 10.3. The summed E-state index contributed by atoms with van der Waals surface area (Å²) in [5.41, 5.74) is -0.0455. The summed E-state index contributed by atoms with van der Waals surface area (Å²) in [5, 5.41) is 0.243. The highest BCUT2D eigenvalue weighted by Crippen LogP contribution is 2.50. The average molecular weight is 332 g/mol. The first-order valence-electron chi connectivity index (χ1n) is 7.72. The van der Waals surface area contributed by atoms with Crippen molar-refractivity contribution < 1.29 is 18.5 Å². The van der Waals surface area contributed by atoms with E-state index in [1.54, 1.807) is 0 Å². The highest BCUT2D eigenvalue weighted by atomic mass is 32.2. The molecule has 0 aromatic heterocycles. The minimum atomic E-state index is -0.851. The molecule has 3 unspecified atom stereocenters. The van der Waals surface area contributed by atoms with Crippen LogP contribution in [0.15, 0.2) is 0 Å². The minimum absolute atomic E-state index is 0.0116. The van der Waals surface area contributed by atoms with Crippen LogP contribution < -0.4 is 0 Å². The Bertz CT molecular complexity index is 427. The van der Waals surface area contributed by atoms with Crippen LogP contribution in [0.1, 0.15) is 38.5 Å². The predicted octanol–water partition coefficient (Wildman–Crippen LogP) is 2.13. The van der Waals surface area contributed by atoms with Crippen molar-refractivity contribution >= 4 is 28.5 Å². The number of ether oxygens (including phenoxy) is 2. The Kier molecular flexibility index (Phi) is 4.67. The van der Waals surface area contributed by atoms with Gasteiger partial charge in [-0.05, 0) is 43.3 Å². The molecule has 120 valence electrons. The first kappa shape index (κ1) is 15.8. The van der Waals surface area contributed by atoms with E-state index in [9.17, 15) is 9.00 Å². The van der Waals surface area contributed by atoms with E-state index in [0.29, 0.717) is 12.2 Å². The molecule has 1 saturated carbocycles. The number of esters is 1. The first-order chi connectivity index (χ1) is 10.1. The smallest absolute Gasteiger partial charge is 0.306 e. The molecule has 1 spiro atoms. The molecule has 21 heavy (non-hydrogen) atoms. The molecule has 0 aromatic rings. The van der Waals surface area contributed by atoms with Crippen LogP contribution >= 0.6 is 11.8 Å². The molecule has 1 aliphatic carbocycles. The molecule has 0 radical (unpaired) electrons. The lowest BCUT2D eigenvalue weighted by Crippen LogP contribution is -2.44. The van der Waals surface area contributed by atoms with Gasteiger partial charge < -0.3 is 9.47 Å². The Morgan fingerprint density at radius 1 is 1.43 bits per heavy atom. The fourth-order valence-electron chi connectivity index (χ4n) is 3.42. The molecular weight excluding hydrogens is 308 g/mol. The van der Waals surface area contributed by atoms with Crippen molar-refractivity contribution in [1.29, 1.82) is 0 Å². The van der Waals surface area contributed by atoms with E-state index >= 15 is 0 Å². The fraction of sp³-hybridized carbons (Fsp3) is 0.933. The number of hydrogen-bond acceptors (Lipinski definition) is 5. The van der Waals surface area contributed by atoms with Crippen molar-refractivity contribution in [3.8, 4) is 0 Å². The largest absolute Gasteiger partial charge is 0.469 e. The summed E-state index contributed by atoms with van der Waals surface area (Å²) in [6.45, 7) is 0.737. The molecule has 2 heterocycles. The second kappa shape index (κ2) is 6.20. The standard InChI is InChI=1S/C15H24O4S2/c1-18-13(16)9-14(3-4-14)11-21(17)12-2-6-19-15(8-12)5-7-20-10-15/h12H,2-11H2,1H3. The Hall–Kier alpha value is -0.0700. The molecular formula is C15H24O4S2. The number of hydrogen-bond donors (Lipinski definition) is 0. The third-order valence-corrected chi connectivity index (χ3v) is 8.31. The highest BCUT2D eigenvalue weighted by molar-refractivity contribution is 7.99. The van der Waals surface area contributed by atoms with Crippen LogP contribution in [0.25, 0.3) is 0 Å². The summed E-state index contributed by atoms with van der Waals surface area (Å²) in [7, 11) is 0.575. The maximum atomic E-state index is 12.8. The van der Waals surface area contributed by atoms with E-state index < -0.39 is 10.8 Å². The van der Waals surface area contributed by atoms with Crippen molar-refractivity contribution in [1.82, 2.24) is 0 Å². The summed E-state index contributed by atoms with van der Waals surface area (Å²) in [6, 6.07) is 0. The van der Waals surface area contributed by atoms with Gasteiger partial charge in [-0.25, -0.2) is 0 Å². The highest BCUT2D eigenvalue weighted by Gasteiger charge is 2.48. The zero-order valence-corrected chi connectivity index (χ0v) is 14.2. The van der Waals surface area contributed by atoms with Crippen molar-refractivity contribution in [2.45, 2.75) is 49.4 Å². The van der Waals surface area contributed by atoms with Gasteiger partial charge in [-0.15, -0.1) is 0 Å².